The van der Waals surface area contributed by atoms with Gasteiger partial charge in [-0.1, -0.05) is 12.1 Å². The minimum atomic E-state index is -1.46. The fraction of sp³-hybridized carbons (Fsp3) is 0.588. The van der Waals surface area contributed by atoms with Crippen molar-refractivity contribution in [1.29, 1.82) is 0 Å². The predicted octanol–water partition coefficient (Wildman–Crippen LogP) is 0.166. The topological polar surface area (TPSA) is 76.0 Å². The summed E-state index contributed by atoms with van der Waals surface area (Å²) in [7, 11) is -1.46. The van der Waals surface area contributed by atoms with Crippen LogP contribution in [-0.2, 0) is 4.79 Å². The fourth-order valence-corrected chi connectivity index (χ4v) is 3.79. The largest absolute Gasteiger partial charge is 0.475 e. The van der Waals surface area contributed by atoms with E-state index in [0.29, 0.717) is 13.0 Å². The predicted molar refractivity (Wildman–Crippen MR) is 94.7 cm³/mol. The lowest BCUT2D eigenvalue weighted by molar-refractivity contribution is -0.129. The summed E-state index contributed by atoms with van der Waals surface area (Å²) < 4.78 is 0. The van der Waals surface area contributed by atoms with Crippen LogP contribution < -0.4 is 10.2 Å². The molecule has 3 N–H and O–H groups in total. The van der Waals surface area contributed by atoms with Crippen LogP contribution in [0.25, 0.3) is 0 Å². The zero-order valence-electron chi connectivity index (χ0n) is 14.2. The average molecular weight is 331 g/mol. The molecule has 7 heteroatoms. The number of aryl methyl sites for hydroxylation is 1. The number of benzene rings is 1. The summed E-state index contributed by atoms with van der Waals surface area (Å²) in [6.45, 7) is 4.76. The van der Waals surface area contributed by atoms with E-state index in [-0.39, 0.29) is 18.5 Å². The number of anilines is 1. The zero-order valence-corrected chi connectivity index (χ0v) is 14.2. The number of hydrogen-bond donors (Lipinski definition) is 3. The summed E-state index contributed by atoms with van der Waals surface area (Å²) >= 11 is 0. The van der Waals surface area contributed by atoms with Gasteiger partial charge in [0.25, 0.3) is 0 Å². The Labute approximate surface area is 143 Å². The Bertz CT molecular complexity index is 578. The van der Waals surface area contributed by atoms with E-state index in [2.05, 4.69) is 29.3 Å². The zero-order chi connectivity index (χ0) is 17.1. The summed E-state index contributed by atoms with van der Waals surface area (Å²) in [6, 6.07) is 8.50. The van der Waals surface area contributed by atoms with Crippen molar-refractivity contribution in [3.8, 4) is 0 Å². The normalized spacial score (nSPS) is 23.5. The lowest BCUT2D eigenvalue weighted by Gasteiger charge is -2.33. The van der Waals surface area contributed by atoms with Crippen LogP contribution in [0.1, 0.15) is 24.8 Å². The van der Waals surface area contributed by atoms with Crippen molar-refractivity contribution < 1.29 is 14.8 Å². The van der Waals surface area contributed by atoms with Gasteiger partial charge in [-0.2, -0.15) is 0 Å². The molecule has 1 amide bonds. The molecule has 1 aromatic rings. The second kappa shape index (κ2) is 7.55. The molecule has 2 aliphatic heterocycles. The molecule has 0 aromatic heterocycles. The molecule has 2 aliphatic rings. The van der Waals surface area contributed by atoms with Crippen molar-refractivity contribution in [1.82, 2.24) is 10.2 Å². The Balaban J connectivity index is 1.77. The van der Waals surface area contributed by atoms with Gasteiger partial charge in [0.05, 0.1) is 12.5 Å². The van der Waals surface area contributed by atoms with E-state index in [1.807, 2.05) is 12.1 Å². The highest BCUT2D eigenvalue weighted by Gasteiger charge is 2.37. The maximum atomic E-state index is 12.8. The summed E-state index contributed by atoms with van der Waals surface area (Å²) in [5.41, 5.74) is 2.22. The molecule has 24 heavy (non-hydrogen) atoms. The lowest BCUT2D eigenvalue weighted by atomic mass is 9.78. The van der Waals surface area contributed by atoms with Gasteiger partial charge < -0.3 is 25.2 Å². The van der Waals surface area contributed by atoms with E-state index < -0.39 is 13.1 Å². The van der Waals surface area contributed by atoms with Crippen LogP contribution in [0.15, 0.2) is 24.3 Å². The summed E-state index contributed by atoms with van der Waals surface area (Å²) in [5.74, 6) is -0.502. The minimum Gasteiger partial charge on any atom is -0.426 e. The molecule has 2 atom stereocenters. The molecule has 1 unspecified atom stereocenters. The molecule has 0 bridgehead atoms. The smallest absolute Gasteiger partial charge is 0.426 e. The first-order chi connectivity index (χ1) is 11.6. The van der Waals surface area contributed by atoms with Crippen LogP contribution >= 0.6 is 0 Å². The second-order valence-corrected chi connectivity index (χ2v) is 6.82. The number of likely N-dealkylation sites (tertiary alicyclic amines) is 1. The Kier molecular flexibility index (Phi) is 5.43. The third-order valence-electron chi connectivity index (χ3n) is 5.08. The average Bonchev–Trinajstić information content (AvgIpc) is 3.23. The van der Waals surface area contributed by atoms with Gasteiger partial charge in [-0.15, -0.1) is 0 Å². The molecule has 130 valence electrons. The molecule has 0 saturated carbocycles. The molecular weight excluding hydrogens is 305 g/mol. The monoisotopic (exact) mass is 331 g/mol. The van der Waals surface area contributed by atoms with Gasteiger partial charge in [-0.05, 0) is 50.4 Å². The van der Waals surface area contributed by atoms with E-state index in [4.69, 9.17) is 0 Å². The van der Waals surface area contributed by atoms with Crippen molar-refractivity contribution in [2.24, 2.45) is 0 Å². The van der Waals surface area contributed by atoms with E-state index in [1.165, 1.54) is 5.56 Å². The molecule has 2 saturated heterocycles. The van der Waals surface area contributed by atoms with Crippen LogP contribution in [0.2, 0.25) is 0 Å². The number of carbonyl (C=O) groups excluding carboxylic acids is 1. The number of amides is 1. The van der Waals surface area contributed by atoms with Crippen LogP contribution in [0.5, 0.6) is 0 Å². The summed E-state index contributed by atoms with van der Waals surface area (Å²) in [4.78, 5) is 16.6. The standard InChI is InChI=1S/C17H26BN3O3/c1-13-4-2-5-14(10-13)21(15-7-8-19-11-15)12-17(22)20-9-3-6-16(20)18(23)24/h2,4-5,10,15-16,19,23-24H,3,6-9,11-12H2,1H3/t15-,16?/m0/s1. The van der Waals surface area contributed by atoms with E-state index >= 15 is 0 Å². The highest BCUT2D eigenvalue weighted by Crippen LogP contribution is 2.24. The van der Waals surface area contributed by atoms with Crippen molar-refractivity contribution in [3.63, 3.8) is 0 Å². The highest BCUT2D eigenvalue weighted by molar-refractivity contribution is 6.43. The van der Waals surface area contributed by atoms with Gasteiger partial charge >= 0.3 is 7.12 Å². The molecule has 0 aliphatic carbocycles. The van der Waals surface area contributed by atoms with Gasteiger partial charge in [-0.25, -0.2) is 0 Å². The quantitative estimate of drug-likeness (QED) is 0.671. The molecule has 0 spiro atoms. The molecule has 6 nitrogen and oxygen atoms in total. The van der Waals surface area contributed by atoms with Crippen molar-refractivity contribution in [2.45, 2.75) is 38.2 Å². The van der Waals surface area contributed by atoms with Crippen LogP contribution in [0.3, 0.4) is 0 Å². The Hall–Kier alpha value is -1.57. The van der Waals surface area contributed by atoms with Gasteiger partial charge in [0.15, 0.2) is 0 Å². The molecular formula is C17H26BN3O3. The van der Waals surface area contributed by atoms with Crippen molar-refractivity contribution in [3.05, 3.63) is 29.8 Å². The first kappa shape index (κ1) is 17.3. The van der Waals surface area contributed by atoms with E-state index in [0.717, 1.165) is 31.6 Å². The van der Waals surface area contributed by atoms with Crippen LogP contribution in [0.4, 0.5) is 5.69 Å². The maximum absolute atomic E-state index is 12.8. The van der Waals surface area contributed by atoms with Gasteiger partial charge in [0.1, 0.15) is 0 Å². The first-order valence-corrected chi connectivity index (χ1v) is 8.76. The molecule has 2 heterocycles. The van der Waals surface area contributed by atoms with Crippen molar-refractivity contribution in [2.75, 3.05) is 31.1 Å². The Morgan fingerprint density at radius 3 is 2.92 bits per heavy atom. The molecule has 1 aromatic carbocycles. The van der Waals surface area contributed by atoms with Crippen LogP contribution in [0, 0.1) is 6.92 Å². The SMILES string of the molecule is Cc1cccc(N(CC(=O)N2CCCC2B(O)O)[C@H]2CCNC2)c1. The summed E-state index contributed by atoms with van der Waals surface area (Å²) in [5, 5.41) is 22.4. The fourth-order valence-electron chi connectivity index (χ4n) is 3.79. The number of rotatable bonds is 5. The molecule has 3 rings (SSSR count). The van der Waals surface area contributed by atoms with Gasteiger partial charge in [-0.3, -0.25) is 4.79 Å². The summed E-state index contributed by atoms with van der Waals surface area (Å²) in [6.07, 6.45) is 2.48. The number of hydrogen-bond acceptors (Lipinski definition) is 5. The first-order valence-electron chi connectivity index (χ1n) is 8.76. The number of carbonyl (C=O) groups is 1. The number of nitrogens with zero attached hydrogens (tertiary/aromatic N) is 2. The Morgan fingerprint density at radius 2 is 2.25 bits per heavy atom. The van der Waals surface area contributed by atoms with Crippen molar-refractivity contribution >= 4 is 18.7 Å². The maximum Gasteiger partial charge on any atom is 0.475 e. The minimum absolute atomic E-state index is 0.0287. The lowest BCUT2D eigenvalue weighted by Crippen LogP contribution is -2.51. The van der Waals surface area contributed by atoms with E-state index in [9.17, 15) is 14.8 Å². The highest BCUT2D eigenvalue weighted by atomic mass is 16.4. The Morgan fingerprint density at radius 1 is 1.42 bits per heavy atom. The van der Waals surface area contributed by atoms with Gasteiger partial charge in [0, 0.05) is 24.8 Å². The van der Waals surface area contributed by atoms with E-state index in [1.54, 1.807) is 4.90 Å². The second-order valence-electron chi connectivity index (χ2n) is 6.82. The van der Waals surface area contributed by atoms with Gasteiger partial charge in [0.2, 0.25) is 5.91 Å². The molecule has 2 fully saturated rings. The third kappa shape index (κ3) is 3.74. The third-order valence-corrected chi connectivity index (χ3v) is 5.08. The molecule has 0 radical (unpaired) electrons. The number of nitrogens with one attached hydrogen (secondary N) is 1. The van der Waals surface area contributed by atoms with Crippen LogP contribution in [-0.4, -0.2) is 66.1 Å².